The predicted octanol–water partition coefficient (Wildman–Crippen LogP) is 0.952. The maximum Gasteiger partial charge on any atom is 0.305 e. The van der Waals surface area contributed by atoms with Crippen LogP contribution in [0.3, 0.4) is 0 Å². The molecule has 0 heterocycles. The molecule has 0 aliphatic rings. The minimum absolute atomic E-state index is 0.119. The van der Waals surface area contributed by atoms with Crippen molar-refractivity contribution in [2.45, 2.75) is 76.6 Å². The minimum Gasteiger partial charge on any atom is -0.463 e. The van der Waals surface area contributed by atoms with Gasteiger partial charge < -0.3 is 24.9 Å². The van der Waals surface area contributed by atoms with Crippen molar-refractivity contribution in [3.8, 4) is 0 Å². The van der Waals surface area contributed by atoms with E-state index in [9.17, 15) is 19.8 Å². The fraction of sp³-hybridized carbons (Fsp3) is 0.867. The van der Waals surface area contributed by atoms with Gasteiger partial charge in [0.05, 0.1) is 0 Å². The van der Waals surface area contributed by atoms with Crippen molar-refractivity contribution < 1.29 is 29.6 Å². The zero-order valence-electron chi connectivity index (χ0n) is 12.7. The van der Waals surface area contributed by atoms with E-state index in [-0.39, 0.29) is 12.7 Å². The smallest absolute Gasteiger partial charge is 0.305 e. The topological polar surface area (TPSA) is 104 Å². The van der Waals surface area contributed by atoms with E-state index in [1.807, 2.05) is 0 Å². The van der Waals surface area contributed by atoms with E-state index in [0.717, 1.165) is 19.3 Å². The number of ether oxygens (including phenoxy) is 1. The van der Waals surface area contributed by atoms with E-state index >= 15 is 0 Å². The summed E-state index contributed by atoms with van der Waals surface area (Å²) in [6, 6.07) is 0. The first-order chi connectivity index (χ1) is 10.0. The van der Waals surface area contributed by atoms with Gasteiger partial charge in [0.1, 0.15) is 24.9 Å². The summed E-state index contributed by atoms with van der Waals surface area (Å²) < 4.78 is 4.79. The van der Waals surface area contributed by atoms with Gasteiger partial charge in [-0.15, -0.1) is 0 Å². The molecule has 6 nitrogen and oxygen atoms in total. The minimum atomic E-state index is -1.68. The highest BCUT2D eigenvalue weighted by atomic mass is 16.5. The fourth-order valence-corrected chi connectivity index (χ4v) is 1.88. The summed E-state index contributed by atoms with van der Waals surface area (Å²) >= 11 is 0. The molecule has 0 radical (unpaired) electrons. The van der Waals surface area contributed by atoms with Gasteiger partial charge in [-0.1, -0.05) is 45.4 Å². The number of hydrogen-bond acceptors (Lipinski definition) is 6. The summed E-state index contributed by atoms with van der Waals surface area (Å²) in [7, 11) is 0. The van der Waals surface area contributed by atoms with Crippen LogP contribution in [0.5, 0.6) is 0 Å². The van der Waals surface area contributed by atoms with Crippen LogP contribution in [0.15, 0.2) is 0 Å². The normalized spacial score (nSPS) is 15.2. The molecule has 0 aromatic carbocycles. The Hall–Kier alpha value is -0.980. The van der Waals surface area contributed by atoms with Gasteiger partial charge in [-0.3, -0.25) is 4.79 Å². The summed E-state index contributed by atoms with van der Waals surface area (Å²) in [5, 5.41) is 27.7. The molecular weight excluding hydrogens is 276 g/mol. The molecule has 0 aliphatic heterocycles. The summed E-state index contributed by atoms with van der Waals surface area (Å²) in [6.45, 7) is 1.73. The van der Waals surface area contributed by atoms with Crippen molar-refractivity contribution in [2.24, 2.45) is 0 Å². The maximum atomic E-state index is 11.4. The molecule has 21 heavy (non-hydrogen) atoms. The lowest BCUT2D eigenvalue weighted by molar-refractivity contribution is -0.152. The zero-order chi connectivity index (χ0) is 16.1. The third-order valence-corrected chi connectivity index (χ3v) is 3.28. The first-order valence-corrected chi connectivity index (χ1v) is 7.68. The van der Waals surface area contributed by atoms with Gasteiger partial charge in [0.2, 0.25) is 0 Å². The highest BCUT2D eigenvalue weighted by molar-refractivity contribution is 5.69. The van der Waals surface area contributed by atoms with Crippen molar-refractivity contribution in [3.05, 3.63) is 0 Å². The molecule has 0 bridgehead atoms. The molecule has 0 spiro atoms. The maximum absolute atomic E-state index is 11.4. The van der Waals surface area contributed by atoms with Gasteiger partial charge in [-0.05, 0) is 6.42 Å². The lowest BCUT2D eigenvalue weighted by atomic mass is 10.1. The zero-order valence-corrected chi connectivity index (χ0v) is 12.7. The molecule has 3 atom stereocenters. The number of carbonyl (C=O) groups excluding carboxylic acids is 2. The van der Waals surface area contributed by atoms with Crippen molar-refractivity contribution in [3.63, 3.8) is 0 Å². The molecule has 0 fully saturated rings. The van der Waals surface area contributed by atoms with Gasteiger partial charge in [-0.25, -0.2) is 0 Å². The van der Waals surface area contributed by atoms with Crippen molar-refractivity contribution in [1.82, 2.24) is 0 Å². The second-order valence-corrected chi connectivity index (χ2v) is 5.24. The summed E-state index contributed by atoms with van der Waals surface area (Å²) in [6.07, 6.45) is 3.25. The average Bonchev–Trinajstić information content (AvgIpc) is 2.50. The van der Waals surface area contributed by atoms with E-state index in [1.165, 1.54) is 25.7 Å². The SMILES string of the molecule is CCCCCCCCCC(=O)OC[C@@H](O)[C@H](O)[C@@H](O)C=O. The Labute approximate surface area is 126 Å². The largest absolute Gasteiger partial charge is 0.463 e. The first-order valence-electron chi connectivity index (χ1n) is 7.68. The predicted molar refractivity (Wildman–Crippen MR) is 77.7 cm³/mol. The molecule has 0 unspecified atom stereocenters. The Morgan fingerprint density at radius 1 is 1.05 bits per heavy atom. The summed E-state index contributed by atoms with van der Waals surface area (Å²) in [5.74, 6) is -0.449. The third kappa shape index (κ3) is 10.4. The monoisotopic (exact) mass is 304 g/mol. The van der Waals surface area contributed by atoms with Gasteiger partial charge in [-0.2, -0.15) is 0 Å². The van der Waals surface area contributed by atoms with Crippen LogP contribution in [0.2, 0.25) is 0 Å². The molecule has 0 amide bonds. The standard InChI is InChI=1S/C15H28O6/c1-2-3-4-5-6-7-8-9-14(19)21-11-13(18)15(20)12(17)10-16/h10,12-13,15,17-18,20H,2-9,11H2,1H3/t12-,13+,15+/m0/s1. The number of aldehydes is 1. The van der Waals surface area contributed by atoms with Gasteiger partial charge >= 0.3 is 5.97 Å². The van der Waals surface area contributed by atoms with Crippen LogP contribution >= 0.6 is 0 Å². The van der Waals surface area contributed by atoms with Crippen molar-refractivity contribution in [1.29, 1.82) is 0 Å². The number of hydrogen-bond donors (Lipinski definition) is 3. The highest BCUT2D eigenvalue weighted by Crippen LogP contribution is 2.09. The van der Waals surface area contributed by atoms with Gasteiger partial charge in [0, 0.05) is 6.42 Å². The Morgan fingerprint density at radius 2 is 1.62 bits per heavy atom. The second kappa shape index (κ2) is 12.7. The van der Waals surface area contributed by atoms with Crippen LogP contribution < -0.4 is 0 Å². The number of aliphatic hydroxyl groups excluding tert-OH is 3. The Kier molecular flexibility index (Phi) is 12.1. The number of unbranched alkanes of at least 4 members (excludes halogenated alkanes) is 6. The molecule has 0 saturated carbocycles. The van der Waals surface area contributed by atoms with E-state index in [4.69, 9.17) is 9.84 Å². The van der Waals surface area contributed by atoms with Crippen LogP contribution in [0.1, 0.15) is 58.3 Å². The second-order valence-electron chi connectivity index (χ2n) is 5.24. The van der Waals surface area contributed by atoms with Gasteiger partial charge in [0.25, 0.3) is 0 Å². The number of rotatable bonds is 13. The van der Waals surface area contributed by atoms with Gasteiger partial charge in [0.15, 0.2) is 6.29 Å². The van der Waals surface area contributed by atoms with Crippen LogP contribution in [0, 0.1) is 0 Å². The molecule has 0 rings (SSSR count). The molecule has 3 N–H and O–H groups in total. The van der Waals surface area contributed by atoms with Crippen molar-refractivity contribution in [2.75, 3.05) is 6.61 Å². The van der Waals surface area contributed by atoms with Crippen LogP contribution in [-0.4, -0.2) is 52.5 Å². The molecule has 0 saturated heterocycles. The van der Waals surface area contributed by atoms with Crippen LogP contribution in [0.25, 0.3) is 0 Å². The van der Waals surface area contributed by atoms with Crippen LogP contribution in [0.4, 0.5) is 0 Å². The number of carbonyl (C=O) groups is 2. The lowest BCUT2D eigenvalue weighted by Crippen LogP contribution is -2.41. The molecule has 0 aliphatic carbocycles. The summed E-state index contributed by atoms with van der Waals surface area (Å²) in [5.41, 5.74) is 0. The first kappa shape index (κ1) is 20.0. The molecule has 6 heteroatoms. The van der Waals surface area contributed by atoms with Crippen LogP contribution in [-0.2, 0) is 14.3 Å². The number of aliphatic hydroxyl groups is 3. The average molecular weight is 304 g/mol. The van der Waals surface area contributed by atoms with Crippen molar-refractivity contribution >= 4 is 12.3 Å². The Bertz CT molecular complexity index is 281. The number of esters is 1. The lowest BCUT2D eigenvalue weighted by Gasteiger charge is -2.19. The molecule has 124 valence electrons. The fourth-order valence-electron chi connectivity index (χ4n) is 1.88. The third-order valence-electron chi connectivity index (χ3n) is 3.28. The highest BCUT2D eigenvalue weighted by Gasteiger charge is 2.25. The summed E-state index contributed by atoms with van der Waals surface area (Å²) in [4.78, 5) is 21.6. The Morgan fingerprint density at radius 3 is 2.19 bits per heavy atom. The molecule has 0 aromatic heterocycles. The van der Waals surface area contributed by atoms with E-state index < -0.39 is 30.9 Å². The molecule has 0 aromatic rings. The van der Waals surface area contributed by atoms with E-state index in [0.29, 0.717) is 0 Å². The Balaban J connectivity index is 3.60. The van der Waals surface area contributed by atoms with E-state index in [2.05, 4.69) is 6.92 Å². The quantitative estimate of drug-likeness (QED) is 0.266. The van der Waals surface area contributed by atoms with E-state index in [1.54, 1.807) is 0 Å². The molecular formula is C15H28O6.